The molecule has 0 spiro atoms. The number of fused-ring (bicyclic) bond motifs is 1. The van der Waals surface area contributed by atoms with Gasteiger partial charge < -0.3 is 14.5 Å². The summed E-state index contributed by atoms with van der Waals surface area (Å²) in [5.41, 5.74) is 0.915. The number of furan rings is 1. The third-order valence-corrected chi connectivity index (χ3v) is 2.95. The van der Waals surface area contributed by atoms with Gasteiger partial charge in [0, 0.05) is 5.39 Å². The third kappa shape index (κ3) is 2.85. The Bertz CT molecular complexity index is 504. The lowest BCUT2D eigenvalue weighted by molar-refractivity contribution is 0.340. The standard InChI is InChI=1S/C15H21NO2/c1-4-8-16-11(3)15-10-12-9-13(17-5-2)6-7-14(12)18-15/h6-7,9-11,16H,4-5,8H2,1-3H3. The van der Waals surface area contributed by atoms with Gasteiger partial charge in [-0.3, -0.25) is 0 Å². The Hall–Kier alpha value is -1.48. The summed E-state index contributed by atoms with van der Waals surface area (Å²) in [4.78, 5) is 0. The molecule has 2 rings (SSSR count). The molecule has 0 aliphatic heterocycles. The van der Waals surface area contributed by atoms with Gasteiger partial charge in [-0.15, -0.1) is 0 Å². The van der Waals surface area contributed by atoms with Crippen LogP contribution in [0.15, 0.2) is 28.7 Å². The second kappa shape index (κ2) is 5.91. The van der Waals surface area contributed by atoms with E-state index in [-0.39, 0.29) is 6.04 Å². The summed E-state index contributed by atoms with van der Waals surface area (Å²) in [5, 5.41) is 4.52. The zero-order chi connectivity index (χ0) is 13.0. The predicted molar refractivity (Wildman–Crippen MR) is 74.1 cm³/mol. The molecule has 1 N–H and O–H groups in total. The molecule has 0 saturated carbocycles. The maximum atomic E-state index is 5.84. The van der Waals surface area contributed by atoms with Crippen molar-refractivity contribution in [2.75, 3.05) is 13.2 Å². The molecule has 1 aromatic carbocycles. The van der Waals surface area contributed by atoms with Gasteiger partial charge >= 0.3 is 0 Å². The monoisotopic (exact) mass is 247 g/mol. The third-order valence-electron chi connectivity index (χ3n) is 2.95. The number of ether oxygens (including phenoxy) is 1. The van der Waals surface area contributed by atoms with Crippen molar-refractivity contribution in [3.63, 3.8) is 0 Å². The van der Waals surface area contributed by atoms with E-state index in [1.807, 2.05) is 25.1 Å². The minimum absolute atomic E-state index is 0.243. The van der Waals surface area contributed by atoms with Crippen molar-refractivity contribution < 1.29 is 9.15 Å². The van der Waals surface area contributed by atoms with Gasteiger partial charge in [0.1, 0.15) is 17.1 Å². The zero-order valence-electron chi connectivity index (χ0n) is 11.3. The first-order valence-corrected chi connectivity index (χ1v) is 6.64. The lowest BCUT2D eigenvalue weighted by Gasteiger charge is -2.09. The molecule has 3 nitrogen and oxygen atoms in total. The van der Waals surface area contributed by atoms with Crippen LogP contribution in [0, 0.1) is 0 Å². The second-order valence-corrected chi connectivity index (χ2v) is 4.46. The quantitative estimate of drug-likeness (QED) is 0.840. The van der Waals surface area contributed by atoms with Crippen LogP contribution in [0.3, 0.4) is 0 Å². The lowest BCUT2D eigenvalue weighted by Crippen LogP contribution is -2.18. The number of hydrogen-bond donors (Lipinski definition) is 1. The molecule has 0 bridgehead atoms. The zero-order valence-corrected chi connectivity index (χ0v) is 11.3. The Balaban J connectivity index is 2.21. The van der Waals surface area contributed by atoms with Crippen molar-refractivity contribution in [1.82, 2.24) is 5.32 Å². The molecule has 0 saturated heterocycles. The van der Waals surface area contributed by atoms with Gasteiger partial charge in [0.25, 0.3) is 0 Å². The molecule has 3 heteroatoms. The van der Waals surface area contributed by atoms with Crippen molar-refractivity contribution in [2.45, 2.75) is 33.2 Å². The van der Waals surface area contributed by atoms with E-state index in [4.69, 9.17) is 9.15 Å². The van der Waals surface area contributed by atoms with Gasteiger partial charge in [0.15, 0.2) is 0 Å². The van der Waals surface area contributed by atoms with Crippen molar-refractivity contribution in [2.24, 2.45) is 0 Å². The van der Waals surface area contributed by atoms with Crippen LogP contribution in [-0.2, 0) is 0 Å². The van der Waals surface area contributed by atoms with E-state index in [9.17, 15) is 0 Å². The lowest BCUT2D eigenvalue weighted by atomic mass is 10.2. The van der Waals surface area contributed by atoms with Crippen LogP contribution in [0.4, 0.5) is 0 Å². The van der Waals surface area contributed by atoms with Crippen LogP contribution in [0.25, 0.3) is 11.0 Å². The first-order valence-electron chi connectivity index (χ1n) is 6.64. The topological polar surface area (TPSA) is 34.4 Å². The minimum Gasteiger partial charge on any atom is -0.494 e. The Morgan fingerprint density at radius 2 is 2.11 bits per heavy atom. The molecule has 1 aromatic heterocycles. The maximum Gasteiger partial charge on any atom is 0.134 e. The number of benzene rings is 1. The fraction of sp³-hybridized carbons (Fsp3) is 0.467. The Kier molecular flexibility index (Phi) is 4.26. The molecule has 0 fully saturated rings. The summed E-state index contributed by atoms with van der Waals surface area (Å²) < 4.78 is 11.3. The van der Waals surface area contributed by atoms with E-state index in [2.05, 4.69) is 25.2 Å². The summed E-state index contributed by atoms with van der Waals surface area (Å²) in [7, 11) is 0. The summed E-state index contributed by atoms with van der Waals surface area (Å²) in [6.45, 7) is 7.96. The van der Waals surface area contributed by atoms with Gasteiger partial charge in [0.2, 0.25) is 0 Å². The summed E-state index contributed by atoms with van der Waals surface area (Å²) in [6.07, 6.45) is 1.12. The largest absolute Gasteiger partial charge is 0.494 e. The van der Waals surface area contributed by atoms with E-state index < -0.39 is 0 Å². The fourth-order valence-corrected chi connectivity index (χ4v) is 1.97. The Morgan fingerprint density at radius 1 is 1.28 bits per heavy atom. The molecule has 98 valence electrons. The SMILES string of the molecule is CCCNC(C)c1cc2cc(OCC)ccc2o1. The minimum atomic E-state index is 0.243. The maximum absolute atomic E-state index is 5.84. The van der Waals surface area contributed by atoms with Gasteiger partial charge in [-0.2, -0.15) is 0 Å². The van der Waals surface area contributed by atoms with E-state index in [1.165, 1.54) is 0 Å². The molecule has 0 aliphatic rings. The van der Waals surface area contributed by atoms with E-state index in [0.717, 1.165) is 35.4 Å². The highest BCUT2D eigenvalue weighted by Gasteiger charge is 2.11. The van der Waals surface area contributed by atoms with Crippen molar-refractivity contribution >= 4 is 11.0 Å². The molecule has 0 aliphatic carbocycles. The molecule has 0 radical (unpaired) electrons. The smallest absolute Gasteiger partial charge is 0.134 e. The predicted octanol–water partition coefficient (Wildman–Crippen LogP) is 3.89. The highest BCUT2D eigenvalue weighted by atomic mass is 16.5. The first kappa shape index (κ1) is 13.0. The second-order valence-electron chi connectivity index (χ2n) is 4.46. The van der Waals surface area contributed by atoms with Crippen molar-refractivity contribution in [3.8, 4) is 5.75 Å². The molecule has 0 amide bonds. The van der Waals surface area contributed by atoms with Crippen LogP contribution >= 0.6 is 0 Å². The molecule has 2 aromatic rings. The van der Waals surface area contributed by atoms with E-state index in [0.29, 0.717) is 6.61 Å². The fourth-order valence-electron chi connectivity index (χ4n) is 1.97. The van der Waals surface area contributed by atoms with Crippen molar-refractivity contribution in [1.29, 1.82) is 0 Å². The first-order chi connectivity index (χ1) is 8.74. The molecular formula is C15H21NO2. The van der Waals surface area contributed by atoms with Crippen LogP contribution in [-0.4, -0.2) is 13.2 Å². The van der Waals surface area contributed by atoms with Crippen LogP contribution in [0.1, 0.15) is 39.0 Å². The molecule has 18 heavy (non-hydrogen) atoms. The number of hydrogen-bond acceptors (Lipinski definition) is 3. The van der Waals surface area contributed by atoms with Gasteiger partial charge in [-0.25, -0.2) is 0 Å². The average Bonchev–Trinajstić information content (AvgIpc) is 2.79. The van der Waals surface area contributed by atoms with Crippen LogP contribution in [0.2, 0.25) is 0 Å². The summed E-state index contributed by atoms with van der Waals surface area (Å²) >= 11 is 0. The molecule has 1 atom stereocenters. The van der Waals surface area contributed by atoms with E-state index in [1.54, 1.807) is 0 Å². The summed E-state index contributed by atoms with van der Waals surface area (Å²) in [6, 6.07) is 8.27. The molecule has 1 unspecified atom stereocenters. The van der Waals surface area contributed by atoms with Gasteiger partial charge in [-0.1, -0.05) is 6.92 Å². The van der Waals surface area contributed by atoms with Gasteiger partial charge in [0.05, 0.1) is 12.6 Å². The normalized spacial score (nSPS) is 12.8. The van der Waals surface area contributed by atoms with Gasteiger partial charge in [-0.05, 0) is 51.1 Å². The van der Waals surface area contributed by atoms with Crippen LogP contribution in [0.5, 0.6) is 5.75 Å². The molecule has 1 heterocycles. The highest BCUT2D eigenvalue weighted by Crippen LogP contribution is 2.27. The molecular weight excluding hydrogens is 226 g/mol. The number of nitrogens with one attached hydrogen (secondary N) is 1. The Labute approximate surface area is 108 Å². The average molecular weight is 247 g/mol. The Morgan fingerprint density at radius 3 is 2.83 bits per heavy atom. The summed E-state index contributed by atoms with van der Waals surface area (Å²) in [5.74, 6) is 1.87. The van der Waals surface area contributed by atoms with Crippen LogP contribution < -0.4 is 10.1 Å². The van der Waals surface area contributed by atoms with Crippen molar-refractivity contribution in [3.05, 3.63) is 30.0 Å². The highest BCUT2D eigenvalue weighted by molar-refractivity contribution is 5.79. The van der Waals surface area contributed by atoms with E-state index >= 15 is 0 Å². The number of rotatable bonds is 6.